The average Bonchev–Trinajstić information content (AvgIpc) is 2.59. The zero-order valence-corrected chi connectivity index (χ0v) is 13.2. The van der Waals surface area contributed by atoms with Crippen LogP contribution < -0.4 is 10.6 Å². The molecule has 4 heteroatoms. The van der Waals surface area contributed by atoms with Crippen molar-refractivity contribution in [1.29, 1.82) is 0 Å². The van der Waals surface area contributed by atoms with Gasteiger partial charge in [0.2, 0.25) is 0 Å². The maximum absolute atomic E-state index is 9.83. The molecule has 0 bridgehead atoms. The molecule has 3 N–H and O–H groups in total. The van der Waals surface area contributed by atoms with E-state index in [1.165, 1.54) is 9.79 Å². The summed E-state index contributed by atoms with van der Waals surface area (Å²) < 4.78 is 0. The third-order valence-corrected chi connectivity index (χ3v) is 4.98. The maximum atomic E-state index is 9.83. The minimum absolute atomic E-state index is 0.320. The third-order valence-electron chi connectivity index (χ3n) is 3.83. The Morgan fingerprint density at radius 2 is 1.65 bits per heavy atom. The molecule has 23 heavy (non-hydrogen) atoms. The van der Waals surface area contributed by atoms with E-state index in [0.29, 0.717) is 12.3 Å². The normalized spacial score (nSPS) is 12.0. The Bertz CT molecular complexity index is 863. The summed E-state index contributed by atoms with van der Waals surface area (Å²) in [6.07, 6.45) is 0. The first-order valence-electron chi connectivity index (χ1n) is 7.48. The van der Waals surface area contributed by atoms with Crippen molar-refractivity contribution < 1.29 is 5.11 Å². The van der Waals surface area contributed by atoms with Crippen LogP contribution >= 0.6 is 11.8 Å². The average molecular weight is 320 g/mol. The maximum Gasteiger partial charge on any atom is 0.120 e. The lowest BCUT2D eigenvalue weighted by Gasteiger charge is -2.21. The predicted molar refractivity (Wildman–Crippen MR) is 95.7 cm³/mol. The Morgan fingerprint density at radius 3 is 2.57 bits per heavy atom. The predicted octanol–water partition coefficient (Wildman–Crippen LogP) is 5.21. The Morgan fingerprint density at radius 1 is 0.870 bits per heavy atom. The topological polar surface area (TPSA) is 44.3 Å². The van der Waals surface area contributed by atoms with Gasteiger partial charge in [0.1, 0.15) is 5.75 Å². The number of anilines is 3. The second-order valence-corrected chi connectivity index (χ2v) is 6.50. The van der Waals surface area contributed by atoms with Gasteiger partial charge in [0.25, 0.3) is 0 Å². The lowest BCUT2D eigenvalue weighted by atomic mass is 10.2. The molecule has 0 radical (unpaired) electrons. The van der Waals surface area contributed by atoms with E-state index in [9.17, 15) is 5.11 Å². The van der Waals surface area contributed by atoms with Crippen LogP contribution in [0.25, 0.3) is 0 Å². The standard InChI is InChI=1S/C19H16N2OS/c22-17-7-3-1-5-13(17)12-20-14-9-10-19-16(11-14)21-15-6-2-4-8-18(15)23-19/h1-11,20-22H,12H2. The van der Waals surface area contributed by atoms with E-state index >= 15 is 0 Å². The van der Waals surface area contributed by atoms with Crippen molar-refractivity contribution in [2.75, 3.05) is 10.6 Å². The van der Waals surface area contributed by atoms with Crippen LogP contribution in [-0.4, -0.2) is 5.11 Å². The third kappa shape index (κ3) is 2.85. The minimum Gasteiger partial charge on any atom is -0.508 e. The van der Waals surface area contributed by atoms with Crippen molar-refractivity contribution in [2.45, 2.75) is 16.3 Å². The molecule has 0 saturated carbocycles. The summed E-state index contributed by atoms with van der Waals surface area (Å²) in [5.74, 6) is 0.320. The summed E-state index contributed by atoms with van der Waals surface area (Å²) in [6.45, 7) is 0.592. The molecule has 114 valence electrons. The van der Waals surface area contributed by atoms with Crippen molar-refractivity contribution in [2.24, 2.45) is 0 Å². The Kier molecular flexibility index (Phi) is 3.60. The van der Waals surface area contributed by atoms with Gasteiger partial charge in [0.15, 0.2) is 0 Å². The molecule has 0 unspecified atom stereocenters. The van der Waals surface area contributed by atoms with Crippen molar-refractivity contribution in [3.63, 3.8) is 0 Å². The van der Waals surface area contributed by atoms with Gasteiger partial charge in [-0.15, -0.1) is 0 Å². The van der Waals surface area contributed by atoms with Crippen LogP contribution in [0.15, 0.2) is 76.5 Å². The summed E-state index contributed by atoms with van der Waals surface area (Å²) in [5.41, 5.74) is 4.16. The van der Waals surface area contributed by atoms with Crippen LogP contribution in [-0.2, 0) is 6.54 Å². The molecule has 0 atom stereocenters. The number of phenols is 1. The van der Waals surface area contributed by atoms with Crippen molar-refractivity contribution >= 4 is 28.8 Å². The lowest BCUT2D eigenvalue weighted by Crippen LogP contribution is -2.03. The van der Waals surface area contributed by atoms with Crippen molar-refractivity contribution in [1.82, 2.24) is 0 Å². The fraction of sp³-hybridized carbons (Fsp3) is 0.0526. The molecule has 1 aliphatic heterocycles. The first-order valence-corrected chi connectivity index (χ1v) is 8.30. The van der Waals surface area contributed by atoms with Gasteiger partial charge >= 0.3 is 0 Å². The number of rotatable bonds is 3. The summed E-state index contributed by atoms with van der Waals surface area (Å²) >= 11 is 1.78. The van der Waals surface area contributed by atoms with Gasteiger partial charge in [-0.1, -0.05) is 42.1 Å². The van der Waals surface area contributed by atoms with E-state index in [0.717, 1.165) is 22.6 Å². The number of benzene rings is 3. The largest absolute Gasteiger partial charge is 0.508 e. The number of phenolic OH excluding ortho intramolecular Hbond substituents is 1. The highest BCUT2D eigenvalue weighted by Crippen LogP contribution is 2.44. The van der Waals surface area contributed by atoms with Gasteiger partial charge in [-0.2, -0.15) is 0 Å². The molecule has 0 aliphatic carbocycles. The zero-order valence-electron chi connectivity index (χ0n) is 12.4. The second kappa shape index (κ2) is 5.89. The van der Waals surface area contributed by atoms with Gasteiger partial charge < -0.3 is 15.7 Å². The molecule has 0 spiro atoms. The first-order chi connectivity index (χ1) is 11.3. The van der Waals surface area contributed by atoms with Crippen LogP contribution in [0.5, 0.6) is 5.75 Å². The van der Waals surface area contributed by atoms with Gasteiger partial charge in [-0.05, 0) is 36.4 Å². The van der Waals surface area contributed by atoms with E-state index in [1.54, 1.807) is 17.8 Å². The summed E-state index contributed by atoms with van der Waals surface area (Å²) in [6, 6.07) is 22.0. The van der Waals surface area contributed by atoms with E-state index in [1.807, 2.05) is 24.3 Å². The van der Waals surface area contributed by atoms with Gasteiger partial charge in [-0.3, -0.25) is 0 Å². The zero-order chi connectivity index (χ0) is 15.6. The Balaban J connectivity index is 1.53. The van der Waals surface area contributed by atoms with Crippen molar-refractivity contribution in [3.8, 4) is 5.75 Å². The molecular formula is C19H16N2OS. The molecule has 0 fully saturated rings. The summed E-state index contributed by atoms with van der Waals surface area (Å²) in [4.78, 5) is 2.46. The molecule has 0 amide bonds. The number of para-hydroxylation sites is 2. The van der Waals surface area contributed by atoms with Gasteiger partial charge in [-0.25, -0.2) is 0 Å². The molecular weight excluding hydrogens is 304 g/mol. The number of aromatic hydroxyl groups is 1. The van der Waals surface area contributed by atoms with E-state index in [4.69, 9.17) is 0 Å². The number of nitrogens with one attached hydrogen (secondary N) is 2. The molecule has 3 aromatic rings. The monoisotopic (exact) mass is 320 g/mol. The van der Waals surface area contributed by atoms with Crippen LogP contribution in [0.4, 0.5) is 17.1 Å². The fourth-order valence-electron chi connectivity index (χ4n) is 2.61. The number of hydrogen-bond acceptors (Lipinski definition) is 4. The second-order valence-electron chi connectivity index (χ2n) is 5.42. The van der Waals surface area contributed by atoms with Crippen molar-refractivity contribution in [3.05, 3.63) is 72.3 Å². The van der Waals surface area contributed by atoms with Gasteiger partial charge in [0, 0.05) is 27.6 Å². The highest BCUT2D eigenvalue weighted by Gasteiger charge is 2.15. The van der Waals surface area contributed by atoms with Crippen LogP contribution in [0, 0.1) is 0 Å². The molecule has 1 heterocycles. The molecule has 0 aromatic heterocycles. The smallest absolute Gasteiger partial charge is 0.120 e. The van der Waals surface area contributed by atoms with E-state index in [2.05, 4.69) is 47.0 Å². The molecule has 4 rings (SSSR count). The summed E-state index contributed by atoms with van der Waals surface area (Å²) in [5, 5.41) is 16.7. The molecule has 0 saturated heterocycles. The number of fused-ring (bicyclic) bond motifs is 2. The number of hydrogen-bond donors (Lipinski definition) is 3. The van der Waals surface area contributed by atoms with Crippen LogP contribution in [0.2, 0.25) is 0 Å². The van der Waals surface area contributed by atoms with Crippen LogP contribution in [0.3, 0.4) is 0 Å². The lowest BCUT2D eigenvalue weighted by molar-refractivity contribution is 0.469. The SMILES string of the molecule is Oc1ccccc1CNc1ccc2c(c1)Nc1ccccc1S2. The minimum atomic E-state index is 0.320. The highest BCUT2D eigenvalue weighted by atomic mass is 32.2. The Hall–Kier alpha value is -2.59. The Labute approximate surface area is 139 Å². The van der Waals surface area contributed by atoms with E-state index < -0.39 is 0 Å². The molecule has 1 aliphatic rings. The van der Waals surface area contributed by atoms with Crippen LogP contribution in [0.1, 0.15) is 5.56 Å². The van der Waals surface area contributed by atoms with Gasteiger partial charge in [0.05, 0.1) is 11.4 Å². The molecule has 3 aromatic carbocycles. The summed E-state index contributed by atoms with van der Waals surface area (Å²) in [7, 11) is 0. The highest BCUT2D eigenvalue weighted by molar-refractivity contribution is 7.99. The first kappa shape index (κ1) is 14.0. The fourth-order valence-corrected chi connectivity index (χ4v) is 3.58. The van der Waals surface area contributed by atoms with E-state index in [-0.39, 0.29) is 0 Å². The quantitative estimate of drug-likeness (QED) is 0.485. The molecule has 3 nitrogen and oxygen atoms in total.